The molecule has 1 aromatic heterocycles. The van der Waals surface area contributed by atoms with Crippen molar-refractivity contribution < 1.29 is 26.4 Å². The molecule has 2 heterocycles. The summed E-state index contributed by atoms with van der Waals surface area (Å²) in [5, 5.41) is 15.6. The predicted octanol–water partition coefficient (Wildman–Crippen LogP) is 2.84. The Kier molecular flexibility index (Phi) is 5.95. The number of amides is 1. The van der Waals surface area contributed by atoms with Crippen molar-refractivity contribution >= 4 is 33.0 Å². The Morgan fingerprint density at radius 2 is 1.85 bits per heavy atom. The van der Waals surface area contributed by atoms with Crippen LogP contribution in [0.2, 0.25) is 0 Å². The van der Waals surface area contributed by atoms with Crippen molar-refractivity contribution in [1.82, 2.24) is 14.7 Å². The van der Waals surface area contributed by atoms with Crippen LogP contribution in [0.5, 0.6) is 0 Å². The van der Waals surface area contributed by atoms with Gasteiger partial charge >= 0.3 is 5.51 Å². The van der Waals surface area contributed by atoms with Crippen molar-refractivity contribution in [3.63, 3.8) is 0 Å². The van der Waals surface area contributed by atoms with Gasteiger partial charge in [-0.25, -0.2) is 8.42 Å². The molecule has 0 bridgehead atoms. The van der Waals surface area contributed by atoms with Gasteiger partial charge < -0.3 is 16.5 Å². The minimum atomic E-state index is -5.46. The highest BCUT2D eigenvalue weighted by Gasteiger charge is 2.46. The third kappa shape index (κ3) is 4.47. The maximum atomic E-state index is 12.7. The van der Waals surface area contributed by atoms with E-state index in [1.807, 2.05) is 0 Å². The Hall–Kier alpha value is -2.93. The summed E-state index contributed by atoms with van der Waals surface area (Å²) in [4.78, 5) is 13.4. The van der Waals surface area contributed by atoms with Crippen LogP contribution in [0.1, 0.15) is 42.1 Å². The van der Waals surface area contributed by atoms with E-state index >= 15 is 0 Å². The highest BCUT2D eigenvalue weighted by atomic mass is 32.2. The topological polar surface area (TPSA) is 134 Å². The largest absolute Gasteiger partial charge is 0.501 e. The minimum Gasteiger partial charge on any atom is -0.365 e. The number of halogens is 3. The summed E-state index contributed by atoms with van der Waals surface area (Å²) < 4.78 is 62.7. The maximum Gasteiger partial charge on any atom is 0.501 e. The zero-order valence-corrected chi connectivity index (χ0v) is 18.3. The van der Waals surface area contributed by atoms with Crippen molar-refractivity contribution in [2.24, 2.45) is 5.73 Å². The van der Waals surface area contributed by atoms with Crippen molar-refractivity contribution in [3.05, 3.63) is 36.0 Å². The van der Waals surface area contributed by atoms with Gasteiger partial charge in [-0.3, -0.25) is 14.4 Å². The van der Waals surface area contributed by atoms with Crippen LogP contribution in [0, 0.1) is 5.41 Å². The van der Waals surface area contributed by atoms with Crippen LogP contribution in [-0.2, 0) is 9.84 Å². The molecule has 13 heteroatoms. The van der Waals surface area contributed by atoms with Crippen LogP contribution in [0.4, 0.5) is 24.7 Å². The van der Waals surface area contributed by atoms with Gasteiger partial charge in [0.1, 0.15) is 5.56 Å². The zero-order valence-electron chi connectivity index (χ0n) is 17.5. The first kappa shape index (κ1) is 23.2. The number of nitrogens with zero attached hydrogens (tertiary/aromatic N) is 3. The molecule has 2 aliphatic rings. The van der Waals surface area contributed by atoms with E-state index in [0.717, 1.165) is 43.8 Å². The highest BCUT2D eigenvalue weighted by molar-refractivity contribution is 7.92. The van der Waals surface area contributed by atoms with E-state index in [-0.39, 0.29) is 23.1 Å². The van der Waals surface area contributed by atoms with Crippen LogP contribution in [-0.4, -0.2) is 59.4 Å². The van der Waals surface area contributed by atoms with Crippen molar-refractivity contribution in [2.45, 2.75) is 48.2 Å². The Bertz CT molecular complexity index is 1170. The zero-order chi connectivity index (χ0) is 24.0. The molecule has 1 aromatic carbocycles. The molecule has 1 saturated heterocycles. The molecule has 0 spiro atoms. The van der Waals surface area contributed by atoms with Gasteiger partial charge in [0.05, 0.1) is 10.9 Å². The van der Waals surface area contributed by atoms with Gasteiger partial charge in [-0.05, 0) is 56.6 Å². The van der Waals surface area contributed by atoms with Crippen LogP contribution in [0.15, 0.2) is 35.4 Å². The van der Waals surface area contributed by atoms with Gasteiger partial charge in [0.15, 0.2) is 5.82 Å². The average Bonchev–Trinajstić information content (AvgIpc) is 3.10. The molecule has 4 N–H and O–H groups in total. The Labute approximate surface area is 188 Å². The number of nitrogens with one attached hydrogen (secondary N) is 2. The lowest BCUT2D eigenvalue weighted by Crippen LogP contribution is -2.48. The van der Waals surface area contributed by atoms with Gasteiger partial charge in [-0.1, -0.05) is 0 Å². The fourth-order valence-corrected chi connectivity index (χ4v) is 4.90. The molecule has 0 unspecified atom stereocenters. The normalized spacial score (nSPS) is 22.1. The van der Waals surface area contributed by atoms with Gasteiger partial charge in [0.25, 0.3) is 15.7 Å². The summed E-state index contributed by atoms with van der Waals surface area (Å²) in [5.41, 5.74) is 0.844. The Morgan fingerprint density at radius 1 is 1.18 bits per heavy atom. The molecule has 2 aromatic rings. The van der Waals surface area contributed by atoms with E-state index in [4.69, 9.17) is 11.1 Å². The van der Waals surface area contributed by atoms with E-state index in [2.05, 4.69) is 15.3 Å². The maximum absolute atomic E-state index is 12.7. The number of hydrogen-bond donors (Lipinski definition) is 3. The SMILES string of the molecule is N=C1C[C@@H](N2CCC2)CC[C@@H]1n1cc(C(N)=O)c(Nc2ccc(S(=O)(=O)C(F)(F)F)cc2)n1. The molecular formula is C20H23F3N6O3S. The molecule has 9 nitrogen and oxygen atoms in total. The summed E-state index contributed by atoms with van der Waals surface area (Å²) in [6, 6.07) is 3.94. The first-order valence-electron chi connectivity index (χ1n) is 10.4. The molecule has 1 amide bonds. The molecule has 33 heavy (non-hydrogen) atoms. The molecule has 1 aliphatic carbocycles. The van der Waals surface area contributed by atoms with Gasteiger partial charge in [0.2, 0.25) is 0 Å². The molecule has 1 aliphatic heterocycles. The fourth-order valence-electron chi connectivity index (χ4n) is 4.14. The number of primary amides is 1. The molecule has 2 atom stereocenters. The van der Waals surface area contributed by atoms with Crippen LogP contribution in [0.25, 0.3) is 0 Å². The van der Waals surface area contributed by atoms with E-state index in [1.54, 1.807) is 0 Å². The van der Waals surface area contributed by atoms with Crippen molar-refractivity contribution in [2.75, 3.05) is 18.4 Å². The number of aromatic nitrogens is 2. The summed E-state index contributed by atoms with van der Waals surface area (Å²) in [5.74, 6) is -0.688. The molecule has 0 radical (unpaired) electrons. The van der Waals surface area contributed by atoms with E-state index < -0.39 is 26.1 Å². The number of hydrogen-bond acceptors (Lipinski definition) is 7. The number of benzene rings is 1. The minimum absolute atomic E-state index is 0.0552. The standard InChI is InChI=1S/C20H23F3N6O3S/c21-20(22,23)33(31,32)14-5-2-12(3-6-14)26-19-15(18(25)30)11-29(27-19)17-7-4-13(10-16(17)24)28-8-1-9-28/h2-3,5-6,11,13,17,24H,1,4,7-10H2,(H2,25,30)(H,26,27)/t13-,17-/m0/s1. The first-order chi connectivity index (χ1) is 15.5. The highest BCUT2D eigenvalue weighted by Crippen LogP contribution is 2.33. The molecule has 4 rings (SSSR count). The Morgan fingerprint density at radius 3 is 2.36 bits per heavy atom. The van der Waals surface area contributed by atoms with Crippen molar-refractivity contribution in [1.29, 1.82) is 5.41 Å². The summed E-state index contributed by atoms with van der Waals surface area (Å²) in [6.45, 7) is 2.10. The summed E-state index contributed by atoms with van der Waals surface area (Å²) in [6.07, 6.45) is 4.83. The van der Waals surface area contributed by atoms with Gasteiger partial charge in [0, 0.05) is 30.1 Å². The fraction of sp³-hybridized carbons (Fsp3) is 0.450. The number of rotatable bonds is 6. The smallest absolute Gasteiger partial charge is 0.365 e. The second kappa shape index (κ2) is 8.45. The third-order valence-corrected chi connectivity index (χ3v) is 7.59. The van der Waals surface area contributed by atoms with Crippen LogP contribution < -0.4 is 11.1 Å². The summed E-state index contributed by atoms with van der Waals surface area (Å²) in [7, 11) is -5.46. The summed E-state index contributed by atoms with van der Waals surface area (Å²) >= 11 is 0. The quantitative estimate of drug-likeness (QED) is 0.577. The van der Waals surface area contributed by atoms with Crippen LogP contribution >= 0.6 is 0 Å². The van der Waals surface area contributed by atoms with Gasteiger partial charge in [-0.15, -0.1) is 0 Å². The lowest BCUT2D eigenvalue weighted by Gasteiger charge is -2.42. The average molecular weight is 485 g/mol. The lowest BCUT2D eigenvalue weighted by atomic mass is 9.87. The third-order valence-electron chi connectivity index (χ3n) is 6.09. The monoisotopic (exact) mass is 484 g/mol. The number of anilines is 2. The van der Waals surface area contributed by atoms with Crippen LogP contribution in [0.3, 0.4) is 0 Å². The first-order valence-corrected chi connectivity index (χ1v) is 11.8. The predicted molar refractivity (Wildman–Crippen MR) is 114 cm³/mol. The van der Waals surface area contributed by atoms with E-state index in [9.17, 15) is 26.4 Å². The molecular weight excluding hydrogens is 461 g/mol. The number of alkyl halides is 3. The number of nitrogens with two attached hydrogens (primary N) is 1. The molecule has 1 saturated carbocycles. The second-order valence-electron chi connectivity index (χ2n) is 8.20. The van der Waals surface area contributed by atoms with E-state index in [1.165, 1.54) is 17.3 Å². The van der Waals surface area contributed by atoms with Gasteiger partial charge in [-0.2, -0.15) is 18.3 Å². The number of likely N-dealkylation sites (tertiary alicyclic amines) is 1. The molecule has 2 fully saturated rings. The number of sulfone groups is 1. The Balaban J connectivity index is 1.53. The van der Waals surface area contributed by atoms with Crippen molar-refractivity contribution in [3.8, 4) is 0 Å². The molecule has 178 valence electrons. The lowest BCUT2D eigenvalue weighted by molar-refractivity contribution is -0.0436. The number of carbonyl (C=O) groups excluding carboxylic acids is 1. The second-order valence-corrected chi connectivity index (χ2v) is 10.1. The van der Waals surface area contributed by atoms with E-state index in [0.29, 0.717) is 24.6 Å². The number of carbonyl (C=O) groups is 1.